The highest BCUT2D eigenvalue weighted by molar-refractivity contribution is 9.10. The van der Waals surface area contributed by atoms with Crippen molar-refractivity contribution in [1.82, 2.24) is 10.1 Å². The topological polar surface area (TPSA) is 98.2 Å². The molecule has 0 radical (unpaired) electrons. The van der Waals surface area contributed by atoms with Gasteiger partial charge in [-0.2, -0.15) is 4.98 Å². The van der Waals surface area contributed by atoms with Crippen molar-refractivity contribution in [3.63, 3.8) is 0 Å². The molecule has 0 aliphatic rings. The molecule has 0 aliphatic carbocycles. The van der Waals surface area contributed by atoms with Gasteiger partial charge in [-0.1, -0.05) is 45.4 Å². The van der Waals surface area contributed by atoms with E-state index in [4.69, 9.17) is 8.94 Å². The van der Waals surface area contributed by atoms with Crippen LogP contribution in [-0.4, -0.2) is 18.6 Å². The number of nitrogens with zero attached hydrogens (tertiary/aromatic N) is 2. The fraction of sp³-hybridized carbons (Fsp3) is 0.0833. The molecule has 0 atom stereocenters. The van der Waals surface area contributed by atoms with Crippen LogP contribution >= 0.6 is 15.9 Å². The van der Waals surface area contributed by atoms with Crippen LogP contribution < -0.4 is 4.72 Å². The average Bonchev–Trinajstić information content (AvgIpc) is 3.38. The van der Waals surface area contributed by atoms with Gasteiger partial charge in [-0.05, 0) is 61.9 Å². The first-order valence-electron chi connectivity index (χ1n) is 10.0. The molecule has 0 fully saturated rings. The van der Waals surface area contributed by atoms with E-state index in [2.05, 4.69) is 30.8 Å². The third kappa shape index (κ3) is 4.17. The maximum Gasteiger partial charge on any atom is 0.294 e. The standard InChI is InChI=1S/C24H18BrN3O4S/c1-14-5-3-8-18(11-14)28-33(29,30)19-9-10-21-20(13-19)15(2)22(31-21)24-26-23(27-32-24)16-6-4-7-17(25)12-16/h3-13,28H,1-2H3. The minimum absolute atomic E-state index is 0.132. The van der Waals surface area contributed by atoms with Crippen LogP contribution in [0.15, 0.2) is 85.0 Å². The number of nitrogens with one attached hydrogen (secondary N) is 1. The molecule has 7 nitrogen and oxygen atoms in total. The number of halogens is 1. The normalized spacial score (nSPS) is 11.7. The van der Waals surface area contributed by atoms with Gasteiger partial charge in [0, 0.05) is 26.7 Å². The Labute approximate surface area is 198 Å². The second-order valence-corrected chi connectivity index (χ2v) is 10.2. The van der Waals surface area contributed by atoms with Crippen LogP contribution in [-0.2, 0) is 10.0 Å². The summed E-state index contributed by atoms with van der Waals surface area (Å²) in [5, 5.41) is 4.71. The molecule has 3 aromatic carbocycles. The highest BCUT2D eigenvalue weighted by Gasteiger charge is 2.22. The number of hydrogen-bond acceptors (Lipinski definition) is 6. The largest absolute Gasteiger partial charge is 0.451 e. The Bertz CT molecular complexity index is 1610. The molecular weight excluding hydrogens is 506 g/mol. The molecule has 2 heterocycles. The highest BCUT2D eigenvalue weighted by atomic mass is 79.9. The van der Waals surface area contributed by atoms with E-state index in [1.807, 2.05) is 44.2 Å². The number of furan rings is 1. The molecule has 0 saturated carbocycles. The summed E-state index contributed by atoms with van der Waals surface area (Å²) in [4.78, 5) is 4.59. The summed E-state index contributed by atoms with van der Waals surface area (Å²) in [5.74, 6) is 1.05. The molecule has 2 aromatic heterocycles. The lowest BCUT2D eigenvalue weighted by Crippen LogP contribution is -2.12. The van der Waals surface area contributed by atoms with Crippen LogP contribution in [0.2, 0.25) is 0 Å². The van der Waals surface area contributed by atoms with Gasteiger partial charge in [-0.15, -0.1) is 0 Å². The predicted molar refractivity (Wildman–Crippen MR) is 129 cm³/mol. The smallest absolute Gasteiger partial charge is 0.294 e. The van der Waals surface area contributed by atoms with Crippen molar-refractivity contribution in [3.05, 3.63) is 82.3 Å². The number of fused-ring (bicyclic) bond motifs is 1. The lowest BCUT2D eigenvalue weighted by atomic mass is 10.1. The van der Waals surface area contributed by atoms with Crippen molar-refractivity contribution >= 4 is 42.6 Å². The van der Waals surface area contributed by atoms with Gasteiger partial charge < -0.3 is 8.94 Å². The van der Waals surface area contributed by atoms with Crippen molar-refractivity contribution in [2.75, 3.05) is 4.72 Å². The summed E-state index contributed by atoms with van der Waals surface area (Å²) in [5.41, 5.74) is 3.50. The van der Waals surface area contributed by atoms with E-state index in [0.29, 0.717) is 33.8 Å². The Morgan fingerprint density at radius 1 is 0.970 bits per heavy atom. The number of rotatable bonds is 5. The summed E-state index contributed by atoms with van der Waals surface area (Å²) < 4.78 is 40.8. The second-order valence-electron chi connectivity index (χ2n) is 7.62. The zero-order valence-corrected chi connectivity index (χ0v) is 20.1. The van der Waals surface area contributed by atoms with E-state index in [1.165, 1.54) is 6.07 Å². The molecule has 1 N–H and O–H groups in total. The SMILES string of the molecule is Cc1cccc(NS(=O)(=O)c2ccc3oc(-c4nc(-c5cccc(Br)c5)no4)c(C)c3c2)c1. The van der Waals surface area contributed by atoms with Crippen LogP contribution in [0.1, 0.15) is 11.1 Å². The van der Waals surface area contributed by atoms with Crippen molar-refractivity contribution in [3.8, 4) is 23.0 Å². The summed E-state index contributed by atoms with van der Waals surface area (Å²) in [6.07, 6.45) is 0. The first kappa shape index (κ1) is 21.4. The lowest BCUT2D eigenvalue weighted by molar-refractivity contribution is 0.419. The van der Waals surface area contributed by atoms with E-state index in [9.17, 15) is 8.42 Å². The number of aromatic nitrogens is 2. The highest BCUT2D eigenvalue weighted by Crippen LogP contribution is 2.34. The maximum atomic E-state index is 12.9. The molecular formula is C24H18BrN3O4S. The summed E-state index contributed by atoms with van der Waals surface area (Å²) in [6, 6.07) is 19.5. The van der Waals surface area contributed by atoms with Crippen molar-refractivity contribution in [2.45, 2.75) is 18.7 Å². The maximum absolute atomic E-state index is 12.9. The second kappa shape index (κ2) is 8.17. The molecule has 166 valence electrons. The van der Waals surface area contributed by atoms with Gasteiger partial charge in [0.25, 0.3) is 15.9 Å². The molecule has 0 unspecified atom stereocenters. The van der Waals surface area contributed by atoms with Crippen molar-refractivity contribution < 1.29 is 17.4 Å². The fourth-order valence-electron chi connectivity index (χ4n) is 3.55. The fourth-order valence-corrected chi connectivity index (χ4v) is 5.03. The monoisotopic (exact) mass is 523 g/mol. The Balaban J connectivity index is 1.50. The van der Waals surface area contributed by atoms with E-state index in [1.54, 1.807) is 30.3 Å². The number of sulfonamides is 1. The molecule has 33 heavy (non-hydrogen) atoms. The molecule has 9 heteroatoms. The Morgan fingerprint density at radius 2 is 1.79 bits per heavy atom. The van der Waals surface area contributed by atoms with E-state index in [-0.39, 0.29) is 10.8 Å². The molecule has 5 rings (SSSR count). The number of hydrogen-bond donors (Lipinski definition) is 1. The Morgan fingerprint density at radius 3 is 2.58 bits per heavy atom. The first-order valence-corrected chi connectivity index (χ1v) is 12.3. The third-order valence-corrected chi connectivity index (χ3v) is 7.06. The quantitative estimate of drug-likeness (QED) is 0.289. The predicted octanol–water partition coefficient (Wildman–Crippen LogP) is 6.33. The lowest BCUT2D eigenvalue weighted by Gasteiger charge is -2.08. The summed E-state index contributed by atoms with van der Waals surface area (Å²) in [6.45, 7) is 3.73. The molecule has 0 amide bonds. The van der Waals surface area contributed by atoms with Gasteiger partial charge in [0.2, 0.25) is 5.82 Å². The van der Waals surface area contributed by atoms with Crippen LogP contribution in [0.3, 0.4) is 0 Å². The zero-order valence-electron chi connectivity index (χ0n) is 17.7. The molecule has 0 saturated heterocycles. The number of anilines is 1. The van der Waals surface area contributed by atoms with Gasteiger partial charge in [0.1, 0.15) is 5.58 Å². The number of benzene rings is 3. The minimum atomic E-state index is -3.78. The van der Waals surface area contributed by atoms with Gasteiger partial charge in [0.15, 0.2) is 5.76 Å². The molecule has 5 aromatic rings. The Hall–Kier alpha value is -3.43. The van der Waals surface area contributed by atoms with Crippen LogP contribution in [0, 0.1) is 13.8 Å². The first-order chi connectivity index (χ1) is 15.8. The van der Waals surface area contributed by atoms with E-state index < -0.39 is 10.0 Å². The van der Waals surface area contributed by atoms with Gasteiger partial charge in [-0.3, -0.25) is 4.72 Å². The third-order valence-electron chi connectivity index (χ3n) is 5.19. The van der Waals surface area contributed by atoms with Gasteiger partial charge in [0.05, 0.1) is 4.90 Å². The van der Waals surface area contributed by atoms with Crippen LogP contribution in [0.4, 0.5) is 5.69 Å². The van der Waals surface area contributed by atoms with Crippen molar-refractivity contribution in [2.24, 2.45) is 0 Å². The van der Waals surface area contributed by atoms with Gasteiger partial charge >= 0.3 is 0 Å². The number of aryl methyl sites for hydroxylation is 2. The summed E-state index contributed by atoms with van der Waals surface area (Å²) >= 11 is 3.43. The average molecular weight is 524 g/mol. The van der Waals surface area contributed by atoms with E-state index in [0.717, 1.165) is 15.6 Å². The Kier molecular flexibility index (Phi) is 5.30. The minimum Gasteiger partial charge on any atom is -0.451 e. The van der Waals surface area contributed by atoms with Gasteiger partial charge in [-0.25, -0.2) is 8.42 Å². The summed E-state index contributed by atoms with van der Waals surface area (Å²) in [7, 11) is -3.78. The molecule has 0 spiro atoms. The van der Waals surface area contributed by atoms with Crippen molar-refractivity contribution in [1.29, 1.82) is 0 Å². The van der Waals surface area contributed by atoms with E-state index >= 15 is 0 Å². The molecule has 0 bridgehead atoms. The van der Waals surface area contributed by atoms with Crippen LogP contribution in [0.25, 0.3) is 34.0 Å². The zero-order chi connectivity index (χ0) is 23.2. The van der Waals surface area contributed by atoms with Crippen LogP contribution in [0.5, 0.6) is 0 Å². The molecule has 0 aliphatic heterocycles.